The van der Waals surface area contributed by atoms with E-state index < -0.39 is 6.04 Å². The van der Waals surface area contributed by atoms with E-state index in [-0.39, 0.29) is 17.9 Å². The molecule has 0 bridgehead atoms. The molecule has 0 radical (unpaired) electrons. The van der Waals surface area contributed by atoms with Crippen molar-refractivity contribution in [3.63, 3.8) is 0 Å². The minimum absolute atomic E-state index is 0.0922. The summed E-state index contributed by atoms with van der Waals surface area (Å²) in [4.78, 5) is 34.9. The van der Waals surface area contributed by atoms with Gasteiger partial charge in [-0.1, -0.05) is 50.5 Å². The SMILES string of the molecule is CCc1ccc(N(C(=O)c2ccc3c(c2)OCCO3)[C@H](C(=O)NC2CCCCC2)c2ccc3ncccc3c2)cc1. The molecule has 0 unspecified atom stereocenters. The number of hydrogen-bond acceptors (Lipinski definition) is 5. The molecule has 3 aromatic carbocycles. The number of fused-ring (bicyclic) bond motifs is 2. The van der Waals surface area contributed by atoms with E-state index in [0.29, 0.717) is 36.0 Å². The van der Waals surface area contributed by atoms with Crippen molar-refractivity contribution in [3.8, 4) is 11.5 Å². The topological polar surface area (TPSA) is 80.8 Å². The van der Waals surface area contributed by atoms with Crippen molar-refractivity contribution in [1.82, 2.24) is 10.3 Å². The van der Waals surface area contributed by atoms with Crippen molar-refractivity contribution in [3.05, 3.63) is 95.7 Å². The van der Waals surface area contributed by atoms with Gasteiger partial charge in [-0.3, -0.25) is 19.5 Å². The second kappa shape index (κ2) is 12.0. The van der Waals surface area contributed by atoms with E-state index in [2.05, 4.69) is 17.2 Å². The summed E-state index contributed by atoms with van der Waals surface area (Å²) in [5.74, 6) is 0.663. The standard InChI is InChI=1S/C34H35N3O4/c1-2-23-10-14-28(15-11-23)37(34(39)26-13-17-30-31(22-26)41-20-19-40-30)32(33(38)36-27-8-4-3-5-9-27)25-12-16-29-24(21-25)7-6-18-35-29/h6-7,10-18,21-22,27,32H,2-5,8-9,19-20H2,1H3,(H,36,38)/t32-/m0/s1. The van der Waals surface area contributed by atoms with E-state index >= 15 is 0 Å². The van der Waals surface area contributed by atoms with Gasteiger partial charge in [0.25, 0.3) is 5.91 Å². The van der Waals surface area contributed by atoms with Crippen molar-refractivity contribution in [2.24, 2.45) is 0 Å². The molecule has 0 spiro atoms. The van der Waals surface area contributed by atoms with Crippen LogP contribution in [0.1, 0.15) is 66.6 Å². The summed E-state index contributed by atoms with van der Waals surface area (Å²) in [7, 11) is 0. The van der Waals surface area contributed by atoms with Gasteiger partial charge in [-0.15, -0.1) is 0 Å². The Bertz CT molecular complexity index is 1550. The summed E-state index contributed by atoms with van der Waals surface area (Å²) in [6, 6.07) is 21.9. The molecule has 4 aromatic rings. The summed E-state index contributed by atoms with van der Waals surface area (Å²) < 4.78 is 11.5. The predicted octanol–water partition coefficient (Wildman–Crippen LogP) is 6.41. The molecule has 0 saturated heterocycles. The number of aryl methyl sites for hydroxylation is 1. The molecule has 1 fully saturated rings. The number of benzene rings is 3. The summed E-state index contributed by atoms with van der Waals surface area (Å²) in [5.41, 5.74) is 3.79. The molecule has 41 heavy (non-hydrogen) atoms. The van der Waals surface area contributed by atoms with Crippen molar-refractivity contribution in [2.75, 3.05) is 18.1 Å². The number of carbonyl (C=O) groups is 2. The van der Waals surface area contributed by atoms with E-state index in [0.717, 1.165) is 54.1 Å². The van der Waals surface area contributed by atoms with Crippen LogP contribution >= 0.6 is 0 Å². The Hall–Kier alpha value is -4.39. The second-order valence-electron chi connectivity index (χ2n) is 10.8. The molecule has 1 aliphatic carbocycles. The number of pyridine rings is 1. The molecule has 6 rings (SSSR count). The van der Waals surface area contributed by atoms with Crippen LogP contribution < -0.4 is 19.7 Å². The number of hydrogen-bond donors (Lipinski definition) is 1. The number of carbonyl (C=O) groups excluding carboxylic acids is 2. The molecule has 7 nitrogen and oxygen atoms in total. The minimum atomic E-state index is -0.894. The molecule has 2 aliphatic rings. The highest BCUT2D eigenvalue weighted by Crippen LogP contribution is 2.35. The summed E-state index contributed by atoms with van der Waals surface area (Å²) >= 11 is 0. The Kier molecular flexibility index (Phi) is 7.85. The third-order valence-corrected chi connectivity index (χ3v) is 8.03. The van der Waals surface area contributed by atoms with E-state index in [1.54, 1.807) is 29.3 Å². The molecule has 1 N–H and O–H groups in total. The quantitative estimate of drug-likeness (QED) is 0.288. The lowest BCUT2D eigenvalue weighted by Crippen LogP contribution is -2.47. The van der Waals surface area contributed by atoms with Gasteiger partial charge >= 0.3 is 0 Å². The molecular weight excluding hydrogens is 514 g/mol. The first-order chi connectivity index (χ1) is 20.1. The van der Waals surface area contributed by atoms with Crippen LogP contribution in [0.2, 0.25) is 0 Å². The molecule has 7 heteroatoms. The third kappa shape index (κ3) is 5.75. The van der Waals surface area contributed by atoms with Crippen molar-refractivity contribution in [2.45, 2.75) is 57.5 Å². The van der Waals surface area contributed by atoms with Crippen LogP contribution in [0.4, 0.5) is 5.69 Å². The smallest absolute Gasteiger partial charge is 0.259 e. The third-order valence-electron chi connectivity index (χ3n) is 8.03. The Labute approximate surface area is 240 Å². The van der Waals surface area contributed by atoms with Gasteiger partial charge in [-0.05, 0) is 78.9 Å². The van der Waals surface area contributed by atoms with Crippen LogP contribution in [0.3, 0.4) is 0 Å². The minimum Gasteiger partial charge on any atom is -0.486 e. The summed E-state index contributed by atoms with van der Waals surface area (Å²) in [5, 5.41) is 4.21. The van der Waals surface area contributed by atoms with Crippen molar-refractivity contribution < 1.29 is 19.1 Å². The van der Waals surface area contributed by atoms with E-state index in [1.807, 2.05) is 54.6 Å². The highest BCUT2D eigenvalue weighted by Gasteiger charge is 2.35. The van der Waals surface area contributed by atoms with Crippen LogP contribution in [0.5, 0.6) is 11.5 Å². The van der Waals surface area contributed by atoms with Crippen molar-refractivity contribution in [1.29, 1.82) is 0 Å². The fourth-order valence-corrected chi connectivity index (χ4v) is 5.80. The molecule has 1 aliphatic heterocycles. The van der Waals surface area contributed by atoms with E-state index in [1.165, 1.54) is 6.42 Å². The van der Waals surface area contributed by atoms with Crippen molar-refractivity contribution >= 4 is 28.4 Å². The van der Waals surface area contributed by atoms with Crippen LogP contribution in [0.25, 0.3) is 10.9 Å². The van der Waals surface area contributed by atoms with Gasteiger partial charge in [-0.25, -0.2) is 0 Å². The predicted molar refractivity (Wildman–Crippen MR) is 160 cm³/mol. The monoisotopic (exact) mass is 549 g/mol. The number of ether oxygens (including phenoxy) is 2. The lowest BCUT2D eigenvalue weighted by Gasteiger charge is -2.34. The van der Waals surface area contributed by atoms with Crippen LogP contribution in [0.15, 0.2) is 79.0 Å². The van der Waals surface area contributed by atoms with Gasteiger partial charge in [0.05, 0.1) is 5.52 Å². The molecule has 2 heterocycles. The van der Waals surface area contributed by atoms with Gasteiger partial charge in [0, 0.05) is 28.9 Å². The van der Waals surface area contributed by atoms with Gasteiger partial charge in [0.2, 0.25) is 5.91 Å². The Balaban J connectivity index is 1.47. The first-order valence-corrected chi connectivity index (χ1v) is 14.6. The van der Waals surface area contributed by atoms with Gasteiger partial charge in [-0.2, -0.15) is 0 Å². The number of amides is 2. The highest BCUT2D eigenvalue weighted by molar-refractivity contribution is 6.10. The molecule has 1 atom stereocenters. The number of nitrogens with one attached hydrogen (secondary N) is 1. The second-order valence-corrected chi connectivity index (χ2v) is 10.8. The van der Waals surface area contributed by atoms with E-state index in [9.17, 15) is 9.59 Å². The fourth-order valence-electron chi connectivity index (χ4n) is 5.80. The Morgan fingerprint density at radius 2 is 1.71 bits per heavy atom. The zero-order valence-corrected chi connectivity index (χ0v) is 23.3. The van der Waals surface area contributed by atoms with Crippen LogP contribution in [0, 0.1) is 0 Å². The van der Waals surface area contributed by atoms with Crippen LogP contribution in [-0.2, 0) is 11.2 Å². The fraction of sp³-hybridized carbons (Fsp3) is 0.324. The maximum Gasteiger partial charge on any atom is 0.259 e. The lowest BCUT2D eigenvalue weighted by atomic mass is 9.94. The van der Waals surface area contributed by atoms with E-state index in [4.69, 9.17) is 9.47 Å². The molecule has 2 amide bonds. The first-order valence-electron chi connectivity index (χ1n) is 14.6. The zero-order chi connectivity index (χ0) is 28.2. The lowest BCUT2D eigenvalue weighted by molar-refractivity contribution is -0.123. The first kappa shape index (κ1) is 26.8. The number of anilines is 1. The Morgan fingerprint density at radius 1 is 0.927 bits per heavy atom. The molecule has 1 saturated carbocycles. The maximum absolute atomic E-state index is 14.5. The number of aromatic nitrogens is 1. The van der Waals surface area contributed by atoms with Gasteiger partial charge in [0.1, 0.15) is 19.3 Å². The summed E-state index contributed by atoms with van der Waals surface area (Å²) in [6.07, 6.45) is 7.89. The number of rotatable bonds is 7. The maximum atomic E-state index is 14.5. The molecule has 1 aromatic heterocycles. The highest BCUT2D eigenvalue weighted by atomic mass is 16.6. The average molecular weight is 550 g/mol. The average Bonchev–Trinajstić information content (AvgIpc) is 3.03. The molecule has 210 valence electrons. The zero-order valence-electron chi connectivity index (χ0n) is 23.3. The Morgan fingerprint density at radius 3 is 2.49 bits per heavy atom. The number of nitrogens with zero attached hydrogens (tertiary/aromatic N) is 2. The van der Waals surface area contributed by atoms with Crippen LogP contribution in [-0.4, -0.2) is 36.1 Å². The largest absolute Gasteiger partial charge is 0.486 e. The van der Waals surface area contributed by atoms with Gasteiger partial charge in [0.15, 0.2) is 11.5 Å². The molecular formula is C34H35N3O4. The normalized spacial score (nSPS) is 15.7. The summed E-state index contributed by atoms with van der Waals surface area (Å²) in [6.45, 7) is 2.98. The van der Waals surface area contributed by atoms with Gasteiger partial charge < -0.3 is 14.8 Å².